The molecule has 1 amide bonds. The van der Waals surface area contributed by atoms with Crippen molar-refractivity contribution in [3.05, 3.63) is 29.8 Å². The molecule has 1 rings (SSSR count). The summed E-state index contributed by atoms with van der Waals surface area (Å²) >= 11 is 0. The van der Waals surface area contributed by atoms with Crippen molar-refractivity contribution in [2.45, 2.75) is 25.6 Å². The zero-order valence-corrected chi connectivity index (χ0v) is 9.05. The van der Waals surface area contributed by atoms with Crippen LogP contribution >= 0.6 is 0 Å². The number of amides is 1. The molecule has 0 heterocycles. The van der Waals surface area contributed by atoms with Gasteiger partial charge in [-0.25, -0.2) is 0 Å². The maximum absolute atomic E-state index is 11.8. The van der Waals surface area contributed by atoms with Gasteiger partial charge in [-0.2, -0.15) is 13.2 Å². The summed E-state index contributed by atoms with van der Waals surface area (Å²) < 4.78 is 35.5. The summed E-state index contributed by atoms with van der Waals surface area (Å²) in [7, 11) is 0. The molecule has 0 saturated heterocycles. The van der Waals surface area contributed by atoms with Gasteiger partial charge in [0.25, 0.3) is 0 Å². The Morgan fingerprint density at radius 1 is 1.24 bits per heavy atom. The first kappa shape index (κ1) is 13.3. The van der Waals surface area contributed by atoms with Gasteiger partial charge in [0, 0.05) is 18.7 Å². The summed E-state index contributed by atoms with van der Waals surface area (Å²) in [4.78, 5) is 11.1. The molecule has 0 aliphatic carbocycles. The van der Waals surface area contributed by atoms with E-state index in [9.17, 15) is 18.0 Å². The summed E-state index contributed by atoms with van der Waals surface area (Å²) in [5.74, 6) is -0.612. The highest BCUT2D eigenvalue weighted by atomic mass is 19.4. The SMILES string of the molecule is Nc1ccc(CNC(=O)CCC(F)(F)F)cc1. The summed E-state index contributed by atoms with van der Waals surface area (Å²) in [6.07, 6.45) is -5.93. The number of hydrogen-bond donors (Lipinski definition) is 2. The summed E-state index contributed by atoms with van der Waals surface area (Å²) in [6.45, 7) is 0.205. The van der Waals surface area contributed by atoms with E-state index in [1.807, 2.05) is 0 Å². The van der Waals surface area contributed by atoms with E-state index >= 15 is 0 Å². The molecule has 0 saturated carbocycles. The average Bonchev–Trinajstić information content (AvgIpc) is 2.25. The highest BCUT2D eigenvalue weighted by Gasteiger charge is 2.27. The second-order valence-corrected chi connectivity index (χ2v) is 3.63. The van der Waals surface area contributed by atoms with E-state index in [4.69, 9.17) is 5.73 Å². The quantitative estimate of drug-likeness (QED) is 0.800. The minimum atomic E-state index is -4.29. The number of nitrogens with two attached hydrogens (primary N) is 1. The van der Waals surface area contributed by atoms with Crippen molar-refractivity contribution < 1.29 is 18.0 Å². The Balaban J connectivity index is 2.31. The van der Waals surface area contributed by atoms with Gasteiger partial charge in [0.15, 0.2) is 0 Å². The van der Waals surface area contributed by atoms with E-state index in [1.54, 1.807) is 24.3 Å². The summed E-state index contributed by atoms with van der Waals surface area (Å²) in [5.41, 5.74) is 6.85. The minimum absolute atomic E-state index is 0.205. The van der Waals surface area contributed by atoms with Gasteiger partial charge in [0.2, 0.25) is 5.91 Å². The third-order valence-corrected chi connectivity index (χ3v) is 2.10. The molecule has 6 heteroatoms. The van der Waals surface area contributed by atoms with Gasteiger partial charge in [-0.3, -0.25) is 4.79 Å². The van der Waals surface area contributed by atoms with Gasteiger partial charge in [-0.05, 0) is 17.7 Å². The topological polar surface area (TPSA) is 55.1 Å². The maximum Gasteiger partial charge on any atom is 0.389 e. The van der Waals surface area contributed by atoms with Crippen LogP contribution in [0.1, 0.15) is 18.4 Å². The lowest BCUT2D eigenvalue weighted by atomic mass is 10.2. The zero-order chi connectivity index (χ0) is 12.9. The monoisotopic (exact) mass is 246 g/mol. The van der Waals surface area contributed by atoms with Crippen molar-refractivity contribution in [2.24, 2.45) is 0 Å². The van der Waals surface area contributed by atoms with Crippen molar-refractivity contribution in [1.82, 2.24) is 5.32 Å². The van der Waals surface area contributed by atoms with Crippen LogP contribution in [0.25, 0.3) is 0 Å². The van der Waals surface area contributed by atoms with Crippen molar-refractivity contribution in [2.75, 3.05) is 5.73 Å². The fourth-order valence-corrected chi connectivity index (χ4v) is 1.18. The fourth-order valence-electron chi connectivity index (χ4n) is 1.18. The Morgan fingerprint density at radius 2 is 1.82 bits per heavy atom. The van der Waals surface area contributed by atoms with Crippen LogP contribution in [-0.2, 0) is 11.3 Å². The molecule has 0 atom stereocenters. The first-order chi connectivity index (χ1) is 7.87. The number of carbonyl (C=O) groups excluding carboxylic acids is 1. The second-order valence-electron chi connectivity index (χ2n) is 3.63. The van der Waals surface area contributed by atoms with Crippen LogP contribution in [0, 0.1) is 0 Å². The number of alkyl halides is 3. The number of nitrogens with one attached hydrogen (secondary N) is 1. The molecule has 0 aromatic heterocycles. The van der Waals surface area contributed by atoms with E-state index in [1.165, 1.54) is 0 Å². The molecule has 0 fully saturated rings. The fraction of sp³-hybridized carbons (Fsp3) is 0.364. The Labute approximate surface area is 96.8 Å². The molecule has 1 aromatic rings. The van der Waals surface area contributed by atoms with Crippen LogP contribution in [0.5, 0.6) is 0 Å². The van der Waals surface area contributed by atoms with Crippen LogP contribution in [0.2, 0.25) is 0 Å². The van der Waals surface area contributed by atoms with Crippen molar-refractivity contribution >= 4 is 11.6 Å². The van der Waals surface area contributed by atoms with Gasteiger partial charge in [-0.1, -0.05) is 12.1 Å². The van der Waals surface area contributed by atoms with Gasteiger partial charge >= 0.3 is 6.18 Å². The number of carbonyl (C=O) groups is 1. The molecule has 0 radical (unpaired) electrons. The number of benzene rings is 1. The van der Waals surface area contributed by atoms with E-state index in [0.717, 1.165) is 5.56 Å². The number of hydrogen-bond acceptors (Lipinski definition) is 2. The van der Waals surface area contributed by atoms with Crippen LogP contribution in [0.4, 0.5) is 18.9 Å². The number of halogens is 3. The van der Waals surface area contributed by atoms with Crippen LogP contribution in [-0.4, -0.2) is 12.1 Å². The van der Waals surface area contributed by atoms with E-state index < -0.39 is 24.9 Å². The Kier molecular flexibility index (Phi) is 4.37. The largest absolute Gasteiger partial charge is 0.399 e. The standard InChI is InChI=1S/C11H13F3N2O/c12-11(13,14)6-5-10(17)16-7-8-1-3-9(15)4-2-8/h1-4H,5-7,15H2,(H,16,17). The van der Waals surface area contributed by atoms with Gasteiger partial charge in [0.1, 0.15) is 0 Å². The molecule has 0 bridgehead atoms. The summed E-state index contributed by atoms with van der Waals surface area (Å²) in [5, 5.41) is 2.41. The molecule has 0 aliphatic rings. The molecule has 94 valence electrons. The number of anilines is 1. The third-order valence-electron chi connectivity index (χ3n) is 2.10. The lowest BCUT2D eigenvalue weighted by Crippen LogP contribution is -2.24. The normalized spacial score (nSPS) is 11.2. The van der Waals surface area contributed by atoms with Gasteiger partial charge < -0.3 is 11.1 Å². The average molecular weight is 246 g/mol. The van der Waals surface area contributed by atoms with E-state index in [-0.39, 0.29) is 6.54 Å². The molecule has 1 aromatic carbocycles. The molecule has 0 aliphatic heterocycles. The van der Waals surface area contributed by atoms with Crippen LogP contribution in [0.3, 0.4) is 0 Å². The van der Waals surface area contributed by atoms with Gasteiger partial charge in [-0.15, -0.1) is 0 Å². The highest BCUT2D eigenvalue weighted by Crippen LogP contribution is 2.21. The predicted octanol–water partition coefficient (Wildman–Crippen LogP) is 2.23. The first-order valence-corrected chi connectivity index (χ1v) is 5.05. The van der Waals surface area contributed by atoms with E-state index in [0.29, 0.717) is 5.69 Å². The predicted molar refractivity (Wildman–Crippen MR) is 58.0 cm³/mol. The van der Waals surface area contributed by atoms with Crippen molar-refractivity contribution in [1.29, 1.82) is 0 Å². The molecule has 17 heavy (non-hydrogen) atoms. The van der Waals surface area contributed by atoms with Crippen molar-refractivity contribution in [3.8, 4) is 0 Å². The molecular formula is C11H13F3N2O. The second kappa shape index (κ2) is 5.56. The van der Waals surface area contributed by atoms with Crippen LogP contribution in [0.15, 0.2) is 24.3 Å². The Bertz CT molecular complexity index is 373. The lowest BCUT2D eigenvalue weighted by Gasteiger charge is -2.07. The lowest BCUT2D eigenvalue weighted by molar-refractivity contribution is -0.144. The first-order valence-electron chi connectivity index (χ1n) is 5.05. The number of nitrogen functional groups attached to an aromatic ring is 1. The molecular weight excluding hydrogens is 233 g/mol. The van der Waals surface area contributed by atoms with E-state index in [2.05, 4.69) is 5.32 Å². The van der Waals surface area contributed by atoms with Gasteiger partial charge in [0.05, 0.1) is 6.42 Å². The molecule has 3 N–H and O–H groups in total. The number of rotatable bonds is 4. The Hall–Kier alpha value is -1.72. The molecule has 0 unspecified atom stereocenters. The van der Waals surface area contributed by atoms with Crippen molar-refractivity contribution in [3.63, 3.8) is 0 Å². The summed E-state index contributed by atoms with van der Waals surface area (Å²) in [6, 6.07) is 6.74. The maximum atomic E-state index is 11.8. The molecule has 0 spiro atoms. The third kappa shape index (κ3) is 5.79. The molecule has 3 nitrogen and oxygen atoms in total. The Morgan fingerprint density at radius 3 is 2.35 bits per heavy atom. The van der Waals surface area contributed by atoms with Crippen LogP contribution < -0.4 is 11.1 Å². The highest BCUT2D eigenvalue weighted by molar-refractivity contribution is 5.75. The minimum Gasteiger partial charge on any atom is -0.399 e. The smallest absolute Gasteiger partial charge is 0.389 e. The zero-order valence-electron chi connectivity index (χ0n) is 9.05.